The molecule has 0 radical (unpaired) electrons. The van der Waals surface area contributed by atoms with Gasteiger partial charge in [0.05, 0.1) is 10.5 Å². The van der Waals surface area contributed by atoms with Gasteiger partial charge in [-0.05, 0) is 59.0 Å². The van der Waals surface area contributed by atoms with Gasteiger partial charge in [-0.25, -0.2) is 9.79 Å². The predicted molar refractivity (Wildman–Crippen MR) is 111 cm³/mol. The Labute approximate surface area is 172 Å². The topological polar surface area (TPSA) is 94.9 Å². The first-order valence-electron chi connectivity index (χ1n) is 8.13. The number of rotatable bonds is 4. The summed E-state index contributed by atoms with van der Waals surface area (Å²) in [6.45, 7) is 0. The fraction of sp³-hybridized carbons (Fsp3) is 0. The van der Waals surface area contributed by atoms with Crippen molar-refractivity contribution in [2.45, 2.75) is 0 Å². The zero-order chi connectivity index (χ0) is 19.7. The van der Waals surface area contributed by atoms with Crippen molar-refractivity contribution >= 4 is 46.2 Å². The zero-order valence-electron chi connectivity index (χ0n) is 14.2. The number of halogens is 1. The van der Waals surface area contributed by atoms with Crippen LogP contribution in [-0.2, 0) is 9.53 Å². The number of aliphatic imine (C=N–C) groups is 1. The van der Waals surface area contributed by atoms with Crippen LogP contribution in [0.15, 0.2) is 75.8 Å². The summed E-state index contributed by atoms with van der Waals surface area (Å²) in [5, 5.41) is 11.2. The van der Waals surface area contributed by atoms with E-state index in [2.05, 4.69) is 27.6 Å². The summed E-state index contributed by atoms with van der Waals surface area (Å²) < 4.78 is 11.9. The first-order chi connectivity index (χ1) is 13.5. The summed E-state index contributed by atoms with van der Waals surface area (Å²) in [6, 6.07) is 16.9. The van der Waals surface area contributed by atoms with Crippen molar-refractivity contribution in [2.75, 3.05) is 0 Å². The summed E-state index contributed by atoms with van der Waals surface area (Å²) in [4.78, 5) is 27.1. The van der Waals surface area contributed by atoms with Crippen LogP contribution in [0.5, 0.6) is 0 Å². The van der Waals surface area contributed by atoms with Crippen molar-refractivity contribution in [3.63, 3.8) is 0 Å². The lowest BCUT2D eigenvalue weighted by Crippen LogP contribution is -2.05. The van der Waals surface area contributed by atoms with Gasteiger partial charge in [0, 0.05) is 21.3 Å². The van der Waals surface area contributed by atoms with Gasteiger partial charge >= 0.3 is 5.97 Å². The van der Waals surface area contributed by atoms with Crippen molar-refractivity contribution < 1.29 is 18.9 Å². The molecular formula is C20H11IN2O5. The molecular weight excluding hydrogens is 475 g/mol. The van der Waals surface area contributed by atoms with Crippen LogP contribution < -0.4 is 0 Å². The molecule has 0 saturated carbocycles. The third-order valence-electron chi connectivity index (χ3n) is 3.96. The summed E-state index contributed by atoms with van der Waals surface area (Å²) in [5.41, 5.74) is 1.09. The minimum absolute atomic E-state index is 0.0599. The zero-order valence-corrected chi connectivity index (χ0v) is 16.3. The second-order valence-corrected chi connectivity index (χ2v) is 7.07. The molecule has 0 amide bonds. The first-order valence-corrected chi connectivity index (χ1v) is 9.21. The Morgan fingerprint density at radius 1 is 1.07 bits per heavy atom. The number of carbonyl (C=O) groups excluding carboxylic acids is 1. The van der Waals surface area contributed by atoms with Crippen molar-refractivity contribution in [2.24, 2.45) is 4.99 Å². The highest BCUT2D eigenvalue weighted by Crippen LogP contribution is 2.31. The van der Waals surface area contributed by atoms with E-state index in [1.54, 1.807) is 36.4 Å². The Morgan fingerprint density at radius 2 is 1.89 bits per heavy atom. The summed E-state index contributed by atoms with van der Waals surface area (Å²) in [5.74, 6) is 0.304. The molecule has 1 aliphatic rings. The van der Waals surface area contributed by atoms with E-state index >= 15 is 0 Å². The molecule has 0 unspecified atom stereocenters. The number of benzene rings is 2. The fourth-order valence-electron chi connectivity index (χ4n) is 2.71. The molecule has 0 aliphatic carbocycles. The lowest BCUT2D eigenvalue weighted by atomic mass is 10.1. The number of hydrogen-bond donors (Lipinski definition) is 0. The molecule has 2 aromatic carbocycles. The van der Waals surface area contributed by atoms with Crippen molar-refractivity contribution in [1.82, 2.24) is 0 Å². The van der Waals surface area contributed by atoms with Crippen LogP contribution in [0.1, 0.15) is 11.3 Å². The number of para-hydroxylation sites is 1. The average molecular weight is 486 g/mol. The number of nitrogens with zero attached hydrogens (tertiary/aromatic N) is 2. The highest BCUT2D eigenvalue weighted by molar-refractivity contribution is 14.1. The van der Waals surface area contributed by atoms with Gasteiger partial charge in [-0.15, -0.1) is 0 Å². The van der Waals surface area contributed by atoms with Gasteiger partial charge < -0.3 is 9.15 Å². The highest BCUT2D eigenvalue weighted by atomic mass is 127. The number of ether oxygens (including phenoxy) is 1. The second kappa shape index (κ2) is 7.39. The van der Waals surface area contributed by atoms with E-state index < -0.39 is 10.9 Å². The van der Waals surface area contributed by atoms with Crippen molar-refractivity contribution in [3.05, 3.63) is 91.4 Å². The van der Waals surface area contributed by atoms with E-state index in [-0.39, 0.29) is 17.3 Å². The molecule has 138 valence electrons. The molecule has 28 heavy (non-hydrogen) atoms. The van der Waals surface area contributed by atoms with Crippen LogP contribution in [0.3, 0.4) is 0 Å². The summed E-state index contributed by atoms with van der Waals surface area (Å²) >= 11 is 2.16. The molecule has 3 aromatic rings. The van der Waals surface area contributed by atoms with Crippen LogP contribution in [-0.4, -0.2) is 16.8 Å². The van der Waals surface area contributed by atoms with E-state index in [1.165, 1.54) is 12.1 Å². The molecule has 8 heteroatoms. The number of carbonyl (C=O) groups is 1. The summed E-state index contributed by atoms with van der Waals surface area (Å²) in [7, 11) is 0. The quantitative estimate of drug-likeness (QED) is 0.174. The molecule has 4 rings (SSSR count). The Balaban J connectivity index is 1.66. The molecule has 0 bridgehead atoms. The number of nitro groups is 1. The van der Waals surface area contributed by atoms with Crippen LogP contribution in [0.2, 0.25) is 0 Å². The number of hydrogen-bond acceptors (Lipinski definition) is 6. The molecule has 7 nitrogen and oxygen atoms in total. The average Bonchev–Trinajstić information content (AvgIpc) is 3.29. The summed E-state index contributed by atoms with van der Waals surface area (Å²) in [6.07, 6.45) is 1.45. The Kier molecular flexibility index (Phi) is 4.78. The number of nitro benzene ring substituents is 1. The van der Waals surface area contributed by atoms with Gasteiger partial charge in [0.1, 0.15) is 11.5 Å². The lowest BCUT2D eigenvalue weighted by Gasteiger charge is -1.99. The minimum atomic E-state index is -0.586. The predicted octanol–water partition coefficient (Wildman–Crippen LogP) is 4.80. The van der Waals surface area contributed by atoms with Crippen LogP contribution in [0.4, 0.5) is 5.69 Å². The number of cyclic esters (lactones) is 1. The molecule has 0 fully saturated rings. The molecule has 0 N–H and O–H groups in total. The largest absolute Gasteiger partial charge is 0.456 e. The standard InChI is InChI=1S/C20H11IN2O5/c21-13-5-3-4-12(10-13)19-22-16(20(24)28-19)11-14-8-9-18(27-14)15-6-1-2-7-17(15)23(25)26/h1-11H. The third kappa shape index (κ3) is 3.58. The Bertz CT molecular complexity index is 1160. The SMILES string of the molecule is O=C1OC(c2cccc(I)c2)=NC1=Cc1ccc(-c2ccccc2[N+](=O)[O-])o1. The minimum Gasteiger partial charge on any atom is -0.456 e. The van der Waals surface area contributed by atoms with E-state index in [0.717, 1.165) is 3.57 Å². The van der Waals surface area contributed by atoms with Gasteiger partial charge in [-0.2, -0.15) is 0 Å². The molecule has 0 spiro atoms. The van der Waals surface area contributed by atoms with Crippen LogP contribution in [0, 0.1) is 13.7 Å². The van der Waals surface area contributed by atoms with Gasteiger partial charge in [0.2, 0.25) is 5.90 Å². The van der Waals surface area contributed by atoms with Gasteiger partial charge in [-0.3, -0.25) is 10.1 Å². The molecule has 0 saturated heterocycles. The number of esters is 1. The highest BCUT2D eigenvalue weighted by Gasteiger charge is 2.25. The first kappa shape index (κ1) is 18.1. The molecule has 2 heterocycles. The Morgan fingerprint density at radius 3 is 2.68 bits per heavy atom. The maximum Gasteiger partial charge on any atom is 0.363 e. The van der Waals surface area contributed by atoms with Crippen molar-refractivity contribution in [3.8, 4) is 11.3 Å². The number of furan rings is 1. The van der Waals surface area contributed by atoms with E-state index in [9.17, 15) is 14.9 Å². The smallest absolute Gasteiger partial charge is 0.363 e. The molecule has 1 aliphatic heterocycles. The molecule has 0 atom stereocenters. The monoisotopic (exact) mass is 486 g/mol. The molecule has 1 aromatic heterocycles. The van der Waals surface area contributed by atoms with Gasteiger partial charge in [0.25, 0.3) is 5.69 Å². The normalized spacial score (nSPS) is 14.8. The van der Waals surface area contributed by atoms with Crippen LogP contribution in [0.25, 0.3) is 17.4 Å². The van der Waals surface area contributed by atoms with Crippen molar-refractivity contribution in [1.29, 1.82) is 0 Å². The lowest BCUT2D eigenvalue weighted by molar-refractivity contribution is -0.384. The fourth-order valence-corrected chi connectivity index (χ4v) is 3.25. The maximum absolute atomic E-state index is 12.1. The van der Waals surface area contributed by atoms with Gasteiger partial charge in [-0.1, -0.05) is 18.2 Å². The van der Waals surface area contributed by atoms with E-state index in [0.29, 0.717) is 22.6 Å². The van der Waals surface area contributed by atoms with E-state index in [1.807, 2.05) is 18.2 Å². The van der Waals surface area contributed by atoms with Crippen LogP contribution >= 0.6 is 22.6 Å². The second-order valence-electron chi connectivity index (χ2n) is 5.82. The van der Waals surface area contributed by atoms with E-state index in [4.69, 9.17) is 9.15 Å². The maximum atomic E-state index is 12.1. The third-order valence-corrected chi connectivity index (χ3v) is 4.64. The van der Waals surface area contributed by atoms with Gasteiger partial charge in [0.15, 0.2) is 5.70 Å². The Hall–Kier alpha value is -3.27.